The van der Waals surface area contributed by atoms with Gasteiger partial charge in [-0.1, -0.05) is 116 Å². The molecule has 0 spiro atoms. The highest BCUT2D eigenvalue weighted by atomic mass is 14.2. The third-order valence-corrected chi connectivity index (χ3v) is 7.28. The highest BCUT2D eigenvalue weighted by Crippen LogP contribution is 2.42. The molecule has 0 saturated carbocycles. The second-order valence-corrected chi connectivity index (χ2v) is 9.64. The van der Waals surface area contributed by atoms with Gasteiger partial charge in [-0.3, -0.25) is 0 Å². The van der Waals surface area contributed by atoms with Crippen molar-refractivity contribution in [3.05, 3.63) is 126 Å². The van der Waals surface area contributed by atoms with E-state index in [2.05, 4.69) is 130 Å². The molecule has 6 aromatic rings. The minimum Gasteiger partial charge on any atom is -0.103 e. The average molecular weight is 479 g/mol. The second kappa shape index (κ2) is 10.4. The zero-order chi connectivity index (χ0) is 25.9. The molecular weight excluding hydrogens is 444 g/mol. The van der Waals surface area contributed by atoms with Gasteiger partial charge in [-0.15, -0.1) is 6.58 Å². The van der Waals surface area contributed by atoms with Gasteiger partial charge in [-0.25, -0.2) is 0 Å². The molecule has 0 radical (unpaired) electrons. The Morgan fingerprint density at radius 2 is 1.27 bits per heavy atom. The van der Waals surface area contributed by atoms with E-state index in [0.717, 1.165) is 6.42 Å². The molecule has 0 amide bonds. The molecule has 0 nitrogen and oxygen atoms in total. The van der Waals surface area contributed by atoms with Crippen LogP contribution in [0.25, 0.3) is 60.6 Å². The molecule has 0 aliphatic rings. The lowest BCUT2D eigenvalue weighted by atomic mass is 9.86. The van der Waals surface area contributed by atoms with Crippen molar-refractivity contribution in [3.8, 4) is 22.3 Å². The third kappa shape index (κ3) is 4.34. The SMILES string of the molecule is C/C=C\c1ccc(-c2ccc3ccc4c(-c5ccccc5C)ccc5ccc2c3c54)cc1CC.C=CC. The van der Waals surface area contributed by atoms with Crippen molar-refractivity contribution < 1.29 is 0 Å². The minimum atomic E-state index is 1.03. The van der Waals surface area contributed by atoms with Crippen molar-refractivity contribution >= 4 is 38.4 Å². The zero-order valence-corrected chi connectivity index (χ0v) is 22.3. The summed E-state index contributed by atoms with van der Waals surface area (Å²) in [6.07, 6.45) is 7.11. The molecule has 0 atom stereocenters. The Bertz CT molecular complexity index is 1750. The number of hydrogen-bond donors (Lipinski definition) is 0. The van der Waals surface area contributed by atoms with Gasteiger partial charge in [0.1, 0.15) is 0 Å². The number of rotatable bonds is 4. The van der Waals surface area contributed by atoms with Crippen LogP contribution < -0.4 is 0 Å². The maximum absolute atomic E-state index is 3.36. The topological polar surface area (TPSA) is 0 Å². The highest BCUT2D eigenvalue weighted by molar-refractivity contribution is 6.27. The lowest BCUT2D eigenvalue weighted by molar-refractivity contribution is 1.13. The van der Waals surface area contributed by atoms with E-state index in [0.29, 0.717) is 0 Å². The van der Waals surface area contributed by atoms with Gasteiger partial charge in [-0.05, 0) is 98.5 Å². The molecule has 0 aliphatic heterocycles. The van der Waals surface area contributed by atoms with Gasteiger partial charge in [0, 0.05) is 0 Å². The minimum absolute atomic E-state index is 1.03. The van der Waals surface area contributed by atoms with Crippen LogP contribution in [0.4, 0.5) is 0 Å². The standard InChI is InChI=1S/C34H28.C3H6/c1-4-8-24-11-12-27(21-23(24)5-2)29-17-13-25-16-20-32-30(28-10-7-6-9-22(28)3)18-14-26-15-19-31(29)33(25)34(26)32;1-3-2/h4,6-21H,5H2,1-3H3;3H,1H2,2H3/b8-4-;. The first-order valence-electron chi connectivity index (χ1n) is 13.2. The predicted molar refractivity (Wildman–Crippen MR) is 166 cm³/mol. The Morgan fingerprint density at radius 1 is 0.676 bits per heavy atom. The normalized spacial score (nSPS) is 11.4. The van der Waals surface area contributed by atoms with E-state index in [-0.39, 0.29) is 0 Å². The van der Waals surface area contributed by atoms with Crippen LogP contribution in [0.2, 0.25) is 0 Å². The Labute approximate surface area is 220 Å². The number of allylic oxidation sites excluding steroid dienone is 2. The van der Waals surface area contributed by atoms with E-state index in [9.17, 15) is 0 Å². The van der Waals surface area contributed by atoms with E-state index in [1.165, 1.54) is 71.3 Å². The van der Waals surface area contributed by atoms with E-state index in [4.69, 9.17) is 0 Å². The van der Waals surface area contributed by atoms with Crippen LogP contribution in [0.3, 0.4) is 0 Å². The van der Waals surface area contributed by atoms with Gasteiger partial charge in [-0.2, -0.15) is 0 Å². The van der Waals surface area contributed by atoms with Crippen LogP contribution in [0.15, 0.2) is 110 Å². The molecule has 0 heteroatoms. The van der Waals surface area contributed by atoms with Crippen molar-refractivity contribution in [2.45, 2.75) is 34.1 Å². The third-order valence-electron chi connectivity index (χ3n) is 7.28. The van der Waals surface area contributed by atoms with E-state index in [1.807, 2.05) is 6.92 Å². The second-order valence-electron chi connectivity index (χ2n) is 9.64. The summed E-state index contributed by atoms with van der Waals surface area (Å²) in [4.78, 5) is 0. The van der Waals surface area contributed by atoms with Crippen LogP contribution >= 0.6 is 0 Å². The predicted octanol–water partition coefficient (Wildman–Crippen LogP) is 11.0. The molecule has 0 aliphatic carbocycles. The van der Waals surface area contributed by atoms with Crippen molar-refractivity contribution in [1.29, 1.82) is 0 Å². The molecule has 182 valence electrons. The number of aryl methyl sites for hydroxylation is 2. The molecule has 0 unspecified atom stereocenters. The van der Waals surface area contributed by atoms with Crippen LogP contribution in [0.1, 0.15) is 37.5 Å². The largest absolute Gasteiger partial charge is 0.103 e. The number of hydrogen-bond acceptors (Lipinski definition) is 0. The maximum Gasteiger partial charge on any atom is -0.00203 e. The van der Waals surface area contributed by atoms with Crippen molar-refractivity contribution in [2.75, 3.05) is 0 Å². The first-order chi connectivity index (χ1) is 18.1. The Morgan fingerprint density at radius 3 is 1.89 bits per heavy atom. The fourth-order valence-electron chi connectivity index (χ4n) is 5.58. The molecule has 6 rings (SSSR count). The van der Waals surface area contributed by atoms with Crippen LogP contribution in [-0.4, -0.2) is 0 Å². The van der Waals surface area contributed by atoms with Gasteiger partial charge in [0.2, 0.25) is 0 Å². The zero-order valence-electron chi connectivity index (χ0n) is 22.3. The quantitative estimate of drug-likeness (QED) is 0.175. The molecule has 6 aromatic carbocycles. The summed E-state index contributed by atoms with van der Waals surface area (Å²) in [6, 6.07) is 34.0. The van der Waals surface area contributed by atoms with Crippen LogP contribution in [-0.2, 0) is 6.42 Å². The fraction of sp³-hybridized carbons (Fsp3) is 0.135. The molecule has 0 aromatic heterocycles. The smallest absolute Gasteiger partial charge is 0.00203 e. The first-order valence-corrected chi connectivity index (χ1v) is 13.2. The maximum atomic E-state index is 3.36. The summed E-state index contributed by atoms with van der Waals surface area (Å²) in [6.45, 7) is 11.8. The van der Waals surface area contributed by atoms with Gasteiger partial charge in [0.25, 0.3) is 0 Å². The molecule has 0 heterocycles. The molecule has 0 bridgehead atoms. The van der Waals surface area contributed by atoms with Gasteiger partial charge in [0.15, 0.2) is 0 Å². The molecular formula is C37H34. The molecule has 0 fully saturated rings. The molecule has 0 N–H and O–H groups in total. The summed E-state index contributed by atoms with van der Waals surface area (Å²) in [5.41, 5.74) is 9.25. The Hall–Kier alpha value is -4.16. The lowest BCUT2D eigenvalue weighted by Crippen LogP contribution is -1.92. The van der Waals surface area contributed by atoms with E-state index in [1.54, 1.807) is 6.08 Å². The van der Waals surface area contributed by atoms with E-state index < -0.39 is 0 Å². The number of benzene rings is 6. The van der Waals surface area contributed by atoms with Crippen molar-refractivity contribution in [2.24, 2.45) is 0 Å². The Kier molecular flexibility index (Phi) is 6.93. The highest BCUT2D eigenvalue weighted by Gasteiger charge is 2.15. The summed E-state index contributed by atoms with van der Waals surface area (Å²) in [7, 11) is 0. The van der Waals surface area contributed by atoms with Crippen molar-refractivity contribution in [3.63, 3.8) is 0 Å². The molecule has 0 saturated heterocycles. The summed E-state index contributed by atoms with van der Waals surface area (Å²) >= 11 is 0. The molecule has 37 heavy (non-hydrogen) atoms. The van der Waals surface area contributed by atoms with Gasteiger partial charge >= 0.3 is 0 Å². The van der Waals surface area contributed by atoms with E-state index >= 15 is 0 Å². The van der Waals surface area contributed by atoms with Crippen LogP contribution in [0.5, 0.6) is 0 Å². The van der Waals surface area contributed by atoms with Gasteiger partial charge in [0.05, 0.1) is 0 Å². The Balaban J connectivity index is 0.000000892. The summed E-state index contributed by atoms with van der Waals surface area (Å²) < 4.78 is 0. The van der Waals surface area contributed by atoms with Crippen molar-refractivity contribution in [1.82, 2.24) is 0 Å². The monoisotopic (exact) mass is 478 g/mol. The van der Waals surface area contributed by atoms with Gasteiger partial charge < -0.3 is 0 Å². The summed E-state index contributed by atoms with van der Waals surface area (Å²) in [5.74, 6) is 0. The average Bonchev–Trinajstić information content (AvgIpc) is 2.93. The lowest BCUT2D eigenvalue weighted by Gasteiger charge is -2.17. The van der Waals surface area contributed by atoms with Crippen LogP contribution in [0, 0.1) is 6.92 Å². The summed E-state index contributed by atoms with van der Waals surface area (Å²) in [5, 5.41) is 8.02. The first kappa shape index (κ1) is 24.5. The fourth-order valence-corrected chi connectivity index (χ4v) is 5.58.